The number of hydrogen-bond donors (Lipinski definition) is 0. The monoisotopic (exact) mass is 272 g/mol. The quantitative estimate of drug-likeness (QED) is 0.823. The molecular formula is C11H17BrN2O. The fourth-order valence-corrected chi connectivity index (χ4v) is 1.80. The summed E-state index contributed by atoms with van der Waals surface area (Å²) in [6.45, 7) is 1.08. The summed E-state index contributed by atoms with van der Waals surface area (Å²) in [6.07, 6.45) is 3.86. The van der Waals surface area contributed by atoms with Crippen LogP contribution in [0.15, 0.2) is 16.7 Å². The number of aryl methyl sites for hydroxylation is 1. The van der Waals surface area contributed by atoms with Crippen LogP contribution < -0.4 is 4.74 Å². The summed E-state index contributed by atoms with van der Waals surface area (Å²) in [5.41, 5.74) is 1.16. The molecule has 0 aliphatic rings. The highest BCUT2D eigenvalue weighted by Gasteiger charge is 2.05. The van der Waals surface area contributed by atoms with Gasteiger partial charge in [-0.15, -0.1) is 0 Å². The highest BCUT2D eigenvalue weighted by Crippen LogP contribution is 2.20. The Morgan fingerprint density at radius 3 is 2.80 bits per heavy atom. The van der Waals surface area contributed by atoms with Crippen LogP contribution in [0.5, 0.6) is 5.88 Å². The predicted molar refractivity (Wildman–Crippen MR) is 65.4 cm³/mol. The Kier molecular flexibility index (Phi) is 5.05. The number of aromatic nitrogens is 1. The third-order valence-electron chi connectivity index (χ3n) is 2.14. The summed E-state index contributed by atoms with van der Waals surface area (Å²) in [5, 5.41) is 0. The molecule has 1 aromatic rings. The average Bonchev–Trinajstić information content (AvgIpc) is 2.17. The molecule has 3 nitrogen and oxygen atoms in total. The molecule has 0 amide bonds. The van der Waals surface area contributed by atoms with Crippen LogP contribution in [0.2, 0.25) is 0 Å². The Balaban J connectivity index is 2.62. The molecule has 0 radical (unpaired) electrons. The van der Waals surface area contributed by atoms with Crippen molar-refractivity contribution in [1.82, 2.24) is 9.88 Å². The van der Waals surface area contributed by atoms with Crippen molar-refractivity contribution in [3.8, 4) is 5.88 Å². The van der Waals surface area contributed by atoms with Gasteiger partial charge >= 0.3 is 0 Å². The number of hydrogen-bond acceptors (Lipinski definition) is 3. The maximum Gasteiger partial charge on any atom is 0.216 e. The van der Waals surface area contributed by atoms with Gasteiger partial charge in [0.2, 0.25) is 5.88 Å². The van der Waals surface area contributed by atoms with Gasteiger partial charge in [0.15, 0.2) is 0 Å². The van der Waals surface area contributed by atoms with Crippen LogP contribution in [0, 0.1) is 0 Å². The zero-order valence-corrected chi connectivity index (χ0v) is 11.0. The fraction of sp³-hybridized carbons (Fsp3) is 0.545. The Labute approximate surface area is 99.6 Å². The normalized spacial score (nSPS) is 10.7. The molecule has 0 atom stereocenters. The second-order valence-electron chi connectivity index (χ2n) is 3.73. The van der Waals surface area contributed by atoms with E-state index in [1.165, 1.54) is 0 Å². The van der Waals surface area contributed by atoms with Crippen molar-refractivity contribution in [2.45, 2.75) is 12.8 Å². The number of ether oxygens (including phenoxy) is 1. The smallest absolute Gasteiger partial charge is 0.216 e. The van der Waals surface area contributed by atoms with Crippen LogP contribution in [-0.2, 0) is 6.42 Å². The standard InChI is InChI=1S/C11H17BrN2O/c1-14(2)6-4-5-9-7-10(12)8-13-11(9)15-3/h7-8H,4-6H2,1-3H3. The van der Waals surface area contributed by atoms with E-state index < -0.39 is 0 Å². The van der Waals surface area contributed by atoms with Crippen LogP contribution >= 0.6 is 15.9 Å². The van der Waals surface area contributed by atoms with Crippen LogP contribution in [-0.4, -0.2) is 37.6 Å². The Bertz CT molecular complexity index is 315. The first-order chi connectivity index (χ1) is 7.13. The second kappa shape index (κ2) is 6.08. The fourth-order valence-electron chi connectivity index (χ4n) is 1.42. The van der Waals surface area contributed by atoms with Gasteiger partial charge in [-0.2, -0.15) is 0 Å². The van der Waals surface area contributed by atoms with Crippen molar-refractivity contribution in [3.05, 3.63) is 22.3 Å². The lowest BCUT2D eigenvalue weighted by Crippen LogP contribution is -2.13. The molecule has 15 heavy (non-hydrogen) atoms. The van der Waals surface area contributed by atoms with E-state index in [1.807, 2.05) is 0 Å². The van der Waals surface area contributed by atoms with E-state index in [9.17, 15) is 0 Å². The highest BCUT2D eigenvalue weighted by molar-refractivity contribution is 9.10. The van der Waals surface area contributed by atoms with Gasteiger partial charge in [0.1, 0.15) is 0 Å². The van der Waals surface area contributed by atoms with Gasteiger partial charge in [-0.05, 0) is 55.5 Å². The van der Waals surface area contributed by atoms with Gasteiger partial charge in [-0.25, -0.2) is 4.98 Å². The van der Waals surface area contributed by atoms with Crippen LogP contribution in [0.1, 0.15) is 12.0 Å². The molecule has 0 aromatic carbocycles. The third-order valence-corrected chi connectivity index (χ3v) is 2.57. The van der Waals surface area contributed by atoms with Gasteiger partial charge in [0.05, 0.1) is 7.11 Å². The molecule has 1 heterocycles. The third kappa shape index (κ3) is 4.18. The molecule has 4 heteroatoms. The number of halogens is 1. The van der Waals surface area contributed by atoms with Crippen molar-refractivity contribution in [2.24, 2.45) is 0 Å². The van der Waals surface area contributed by atoms with Crippen molar-refractivity contribution < 1.29 is 4.74 Å². The highest BCUT2D eigenvalue weighted by atomic mass is 79.9. The Morgan fingerprint density at radius 2 is 2.20 bits per heavy atom. The molecule has 0 saturated carbocycles. The topological polar surface area (TPSA) is 25.4 Å². The molecular weight excluding hydrogens is 256 g/mol. The maximum absolute atomic E-state index is 5.21. The van der Waals surface area contributed by atoms with Crippen molar-refractivity contribution >= 4 is 15.9 Å². The van der Waals surface area contributed by atoms with Crippen molar-refractivity contribution in [1.29, 1.82) is 0 Å². The molecule has 0 aliphatic carbocycles. The zero-order valence-electron chi connectivity index (χ0n) is 9.46. The summed E-state index contributed by atoms with van der Waals surface area (Å²) in [6, 6.07) is 2.07. The lowest BCUT2D eigenvalue weighted by atomic mass is 10.1. The van der Waals surface area contributed by atoms with Gasteiger partial charge in [-0.3, -0.25) is 0 Å². The minimum absolute atomic E-state index is 0.733. The van der Waals surface area contributed by atoms with Crippen LogP contribution in [0.25, 0.3) is 0 Å². The van der Waals surface area contributed by atoms with Gasteiger partial charge in [-0.1, -0.05) is 0 Å². The predicted octanol–water partition coefficient (Wildman–Crippen LogP) is 2.35. The lowest BCUT2D eigenvalue weighted by Gasteiger charge is -2.10. The lowest BCUT2D eigenvalue weighted by molar-refractivity contribution is 0.382. The molecule has 0 spiro atoms. The molecule has 1 rings (SSSR count). The molecule has 0 N–H and O–H groups in total. The minimum atomic E-state index is 0.733. The van der Waals surface area contributed by atoms with Gasteiger partial charge < -0.3 is 9.64 Å². The molecule has 0 saturated heterocycles. The Morgan fingerprint density at radius 1 is 1.47 bits per heavy atom. The average molecular weight is 273 g/mol. The largest absolute Gasteiger partial charge is 0.481 e. The van der Waals surface area contributed by atoms with Crippen molar-refractivity contribution in [2.75, 3.05) is 27.7 Å². The number of pyridine rings is 1. The van der Waals surface area contributed by atoms with Gasteiger partial charge in [0, 0.05) is 16.2 Å². The summed E-state index contributed by atoms with van der Waals surface area (Å²) in [5.74, 6) is 0.733. The van der Waals surface area contributed by atoms with E-state index in [0.29, 0.717) is 0 Å². The van der Waals surface area contributed by atoms with Crippen LogP contribution in [0.3, 0.4) is 0 Å². The first-order valence-corrected chi connectivity index (χ1v) is 5.76. The van der Waals surface area contributed by atoms with Crippen LogP contribution in [0.4, 0.5) is 0 Å². The summed E-state index contributed by atoms with van der Waals surface area (Å²) in [7, 11) is 5.82. The van der Waals surface area contributed by atoms with Gasteiger partial charge in [0.25, 0.3) is 0 Å². The number of nitrogens with zero attached hydrogens (tertiary/aromatic N) is 2. The van der Waals surface area contributed by atoms with E-state index >= 15 is 0 Å². The summed E-state index contributed by atoms with van der Waals surface area (Å²) < 4.78 is 6.22. The van der Waals surface area contributed by atoms with E-state index in [4.69, 9.17) is 4.74 Å². The van der Waals surface area contributed by atoms with E-state index in [0.717, 1.165) is 35.3 Å². The Hall–Kier alpha value is -0.610. The van der Waals surface area contributed by atoms with E-state index in [-0.39, 0.29) is 0 Å². The number of methoxy groups -OCH3 is 1. The molecule has 0 aliphatic heterocycles. The molecule has 84 valence electrons. The molecule has 0 fully saturated rings. The molecule has 0 bridgehead atoms. The minimum Gasteiger partial charge on any atom is -0.481 e. The number of rotatable bonds is 5. The maximum atomic E-state index is 5.21. The molecule has 1 aromatic heterocycles. The van der Waals surface area contributed by atoms with E-state index in [2.05, 4.69) is 46.0 Å². The zero-order chi connectivity index (χ0) is 11.3. The molecule has 0 unspecified atom stereocenters. The van der Waals surface area contributed by atoms with Crippen molar-refractivity contribution in [3.63, 3.8) is 0 Å². The first-order valence-electron chi connectivity index (χ1n) is 4.96. The first kappa shape index (κ1) is 12.5. The summed E-state index contributed by atoms with van der Waals surface area (Å²) >= 11 is 3.42. The van der Waals surface area contributed by atoms with E-state index in [1.54, 1.807) is 13.3 Å². The second-order valence-corrected chi connectivity index (χ2v) is 4.64. The SMILES string of the molecule is COc1ncc(Br)cc1CCCN(C)C. The summed E-state index contributed by atoms with van der Waals surface area (Å²) in [4.78, 5) is 6.39.